The third-order valence-electron chi connectivity index (χ3n) is 5.00. The van der Waals surface area contributed by atoms with Crippen molar-refractivity contribution in [2.75, 3.05) is 0 Å². The van der Waals surface area contributed by atoms with Crippen LogP contribution in [-0.4, -0.2) is 12.4 Å². The molecule has 1 aromatic carbocycles. The number of carbonyl (C=O) groups is 1. The van der Waals surface area contributed by atoms with Crippen LogP contribution < -0.4 is 4.74 Å². The van der Waals surface area contributed by atoms with Gasteiger partial charge in [-0.25, -0.2) is 0 Å². The molecule has 0 aliphatic heterocycles. The highest BCUT2D eigenvalue weighted by molar-refractivity contribution is 5.79. The summed E-state index contributed by atoms with van der Waals surface area (Å²) < 4.78 is 28.7. The molecule has 0 bridgehead atoms. The molecular weight excluding hydrogens is 274 g/mol. The van der Waals surface area contributed by atoms with Gasteiger partial charge in [-0.05, 0) is 61.1 Å². The van der Waals surface area contributed by atoms with E-state index in [2.05, 4.69) is 4.74 Å². The molecule has 2 aliphatic rings. The molecule has 0 N–H and O–H groups in total. The predicted molar refractivity (Wildman–Crippen MR) is 75.5 cm³/mol. The van der Waals surface area contributed by atoms with Crippen molar-refractivity contribution in [1.82, 2.24) is 0 Å². The second kappa shape index (κ2) is 6.12. The highest BCUT2D eigenvalue weighted by Crippen LogP contribution is 2.45. The molecule has 21 heavy (non-hydrogen) atoms. The van der Waals surface area contributed by atoms with E-state index in [0.29, 0.717) is 23.5 Å². The van der Waals surface area contributed by atoms with Gasteiger partial charge in [0.1, 0.15) is 11.5 Å². The van der Waals surface area contributed by atoms with Crippen LogP contribution in [0.25, 0.3) is 0 Å². The second-order valence-electron chi connectivity index (χ2n) is 6.26. The molecule has 0 heterocycles. The Hall–Kier alpha value is -1.45. The standard InChI is InChI=1S/C17H20F2O2/c18-17(19)21-16-7-4-11(5-8-16)12-1-2-14-10-15(20)6-3-13(14)9-12/h4-5,7-8,12-14,17H,1-3,6,9-10H2. The number of rotatable bonds is 3. The van der Waals surface area contributed by atoms with Crippen molar-refractivity contribution in [1.29, 1.82) is 0 Å². The highest BCUT2D eigenvalue weighted by atomic mass is 19.3. The topological polar surface area (TPSA) is 26.3 Å². The summed E-state index contributed by atoms with van der Waals surface area (Å²) in [5.74, 6) is 2.34. The Morgan fingerprint density at radius 1 is 1.05 bits per heavy atom. The quantitative estimate of drug-likeness (QED) is 0.818. The van der Waals surface area contributed by atoms with Gasteiger partial charge in [-0.2, -0.15) is 8.78 Å². The Morgan fingerprint density at radius 2 is 1.81 bits per heavy atom. The Morgan fingerprint density at radius 3 is 2.52 bits per heavy atom. The van der Waals surface area contributed by atoms with Crippen LogP contribution in [0.1, 0.15) is 50.0 Å². The van der Waals surface area contributed by atoms with Gasteiger partial charge in [-0.3, -0.25) is 4.79 Å². The number of Topliss-reactive ketones (excluding diaryl/α,β-unsaturated/α-hetero) is 1. The molecule has 3 atom stereocenters. The lowest BCUT2D eigenvalue weighted by Crippen LogP contribution is -2.30. The van der Waals surface area contributed by atoms with Crippen molar-refractivity contribution in [2.24, 2.45) is 11.8 Å². The molecule has 2 saturated carbocycles. The van der Waals surface area contributed by atoms with E-state index in [4.69, 9.17) is 0 Å². The van der Waals surface area contributed by atoms with E-state index in [1.165, 1.54) is 5.56 Å². The zero-order valence-corrected chi connectivity index (χ0v) is 11.9. The number of hydrogen-bond donors (Lipinski definition) is 0. The van der Waals surface area contributed by atoms with E-state index in [1.54, 1.807) is 12.1 Å². The fourth-order valence-electron chi connectivity index (χ4n) is 3.91. The summed E-state index contributed by atoms with van der Waals surface area (Å²) in [7, 11) is 0. The molecule has 0 radical (unpaired) electrons. The summed E-state index contributed by atoms with van der Waals surface area (Å²) >= 11 is 0. The van der Waals surface area contributed by atoms with Gasteiger partial charge < -0.3 is 4.74 Å². The maximum atomic E-state index is 12.1. The maximum absolute atomic E-state index is 12.1. The first kappa shape index (κ1) is 14.5. The van der Waals surface area contributed by atoms with Gasteiger partial charge in [0.2, 0.25) is 0 Å². The molecule has 3 unspecified atom stereocenters. The first-order valence-corrected chi connectivity index (χ1v) is 7.68. The average molecular weight is 294 g/mol. The van der Waals surface area contributed by atoms with E-state index in [0.717, 1.165) is 38.5 Å². The molecule has 2 nitrogen and oxygen atoms in total. The normalized spacial score (nSPS) is 29.3. The summed E-state index contributed by atoms with van der Waals surface area (Å²) in [5.41, 5.74) is 1.20. The molecule has 3 rings (SSSR count). The van der Waals surface area contributed by atoms with E-state index in [9.17, 15) is 13.6 Å². The number of alkyl halides is 2. The van der Waals surface area contributed by atoms with Gasteiger partial charge in [0.15, 0.2) is 0 Å². The van der Waals surface area contributed by atoms with Crippen molar-refractivity contribution < 1.29 is 18.3 Å². The van der Waals surface area contributed by atoms with Gasteiger partial charge in [-0.1, -0.05) is 12.1 Å². The van der Waals surface area contributed by atoms with Crippen LogP contribution in [0.15, 0.2) is 24.3 Å². The van der Waals surface area contributed by atoms with Crippen molar-refractivity contribution >= 4 is 5.78 Å². The molecule has 0 aromatic heterocycles. The fourth-order valence-corrected chi connectivity index (χ4v) is 3.91. The summed E-state index contributed by atoms with van der Waals surface area (Å²) in [4.78, 5) is 11.5. The fraction of sp³-hybridized carbons (Fsp3) is 0.588. The smallest absolute Gasteiger partial charge is 0.387 e. The Labute approximate surface area is 123 Å². The summed E-state index contributed by atoms with van der Waals surface area (Å²) in [6, 6.07) is 7.04. The molecule has 1 aromatic rings. The molecule has 4 heteroatoms. The third kappa shape index (κ3) is 3.42. The van der Waals surface area contributed by atoms with E-state index in [1.807, 2.05) is 12.1 Å². The second-order valence-corrected chi connectivity index (χ2v) is 6.26. The van der Waals surface area contributed by atoms with Crippen LogP contribution in [0.2, 0.25) is 0 Å². The van der Waals surface area contributed by atoms with Gasteiger partial charge in [0.25, 0.3) is 0 Å². The number of ketones is 1. The Balaban J connectivity index is 1.64. The zero-order valence-electron chi connectivity index (χ0n) is 11.9. The minimum absolute atomic E-state index is 0.214. The number of carbonyl (C=O) groups excluding carboxylic acids is 1. The van der Waals surface area contributed by atoms with Crippen LogP contribution in [0.4, 0.5) is 8.78 Å². The Kier molecular flexibility index (Phi) is 4.22. The lowest BCUT2D eigenvalue weighted by Gasteiger charge is -2.39. The SMILES string of the molecule is O=C1CCC2CC(c3ccc(OC(F)F)cc3)CCC2C1. The third-order valence-corrected chi connectivity index (χ3v) is 5.00. The van der Waals surface area contributed by atoms with Gasteiger partial charge in [-0.15, -0.1) is 0 Å². The number of halogens is 2. The molecule has 0 amide bonds. The zero-order chi connectivity index (χ0) is 14.8. The van der Waals surface area contributed by atoms with Crippen LogP contribution in [0, 0.1) is 11.8 Å². The van der Waals surface area contributed by atoms with E-state index < -0.39 is 6.61 Å². The highest BCUT2D eigenvalue weighted by Gasteiger charge is 2.35. The van der Waals surface area contributed by atoms with Gasteiger partial charge in [0, 0.05) is 12.8 Å². The van der Waals surface area contributed by atoms with Crippen LogP contribution in [0.5, 0.6) is 5.75 Å². The number of ether oxygens (including phenoxy) is 1. The van der Waals surface area contributed by atoms with E-state index >= 15 is 0 Å². The van der Waals surface area contributed by atoms with Gasteiger partial charge in [0.05, 0.1) is 0 Å². The van der Waals surface area contributed by atoms with Gasteiger partial charge >= 0.3 is 6.61 Å². The van der Waals surface area contributed by atoms with E-state index in [-0.39, 0.29) is 5.75 Å². The molecule has 2 fully saturated rings. The minimum atomic E-state index is -2.77. The average Bonchev–Trinajstić information content (AvgIpc) is 2.47. The number of benzene rings is 1. The Bertz CT molecular complexity index is 498. The molecule has 2 aliphatic carbocycles. The maximum Gasteiger partial charge on any atom is 0.387 e. The van der Waals surface area contributed by atoms with Crippen LogP contribution in [0.3, 0.4) is 0 Å². The summed E-state index contributed by atoms with van der Waals surface area (Å²) in [5, 5.41) is 0. The summed E-state index contributed by atoms with van der Waals surface area (Å²) in [6.07, 6.45) is 5.83. The van der Waals surface area contributed by atoms with Crippen LogP contribution in [-0.2, 0) is 4.79 Å². The summed E-state index contributed by atoms with van der Waals surface area (Å²) in [6.45, 7) is -2.77. The van der Waals surface area contributed by atoms with Crippen LogP contribution >= 0.6 is 0 Å². The molecular formula is C17H20F2O2. The van der Waals surface area contributed by atoms with Crippen molar-refractivity contribution in [3.63, 3.8) is 0 Å². The molecule has 0 spiro atoms. The first-order chi connectivity index (χ1) is 10.1. The number of fused-ring (bicyclic) bond motifs is 1. The van der Waals surface area contributed by atoms with Crippen molar-refractivity contribution in [3.8, 4) is 5.75 Å². The van der Waals surface area contributed by atoms with Crippen molar-refractivity contribution in [3.05, 3.63) is 29.8 Å². The molecule has 114 valence electrons. The monoisotopic (exact) mass is 294 g/mol. The lowest BCUT2D eigenvalue weighted by atomic mass is 9.66. The van der Waals surface area contributed by atoms with Crippen molar-refractivity contribution in [2.45, 2.75) is 51.1 Å². The minimum Gasteiger partial charge on any atom is -0.435 e. The molecule has 0 saturated heterocycles. The number of hydrogen-bond acceptors (Lipinski definition) is 2. The largest absolute Gasteiger partial charge is 0.435 e. The predicted octanol–water partition coefficient (Wildman–Crippen LogP) is 4.54. The first-order valence-electron chi connectivity index (χ1n) is 7.68. The lowest BCUT2D eigenvalue weighted by molar-refractivity contribution is -0.123.